The van der Waals surface area contributed by atoms with Crippen LogP contribution >= 0.6 is 0 Å². The van der Waals surface area contributed by atoms with Crippen molar-refractivity contribution in [2.24, 2.45) is 7.05 Å². The summed E-state index contributed by atoms with van der Waals surface area (Å²) in [6, 6.07) is 7.65. The Morgan fingerprint density at radius 2 is 2.28 bits per heavy atom. The third kappa shape index (κ3) is 2.91. The summed E-state index contributed by atoms with van der Waals surface area (Å²) in [5.74, 6) is 0.674. The molecular formula is C18H21N5O2. The van der Waals surface area contributed by atoms with Gasteiger partial charge in [-0.25, -0.2) is 0 Å². The molecule has 25 heavy (non-hydrogen) atoms. The maximum absolute atomic E-state index is 13.0. The average molecular weight is 339 g/mol. The Morgan fingerprint density at radius 1 is 1.40 bits per heavy atom. The molecule has 3 aromatic rings. The van der Waals surface area contributed by atoms with Crippen molar-refractivity contribution in [2.75, 3.05) is 13.1 Å². The van der Waals surface area contributed by atoms with E-state index in [0.717, 1.165) is 23.1 Å². The second-order valence-electron chi connectivity index (χ2n) is 6.84. The fraction of sp³-hybridized carbons (Fsp3) is 0.389. The van der Waals surface area contributed by atoms with E-state index >= 15 is 0 Å². The lowest BCUT2D eigenvalue weighted by atomic mass is 9.89. The van der Waals surface area contributed by atoms with Crippen LogP contribution in [0.1, 0.15) is 29.0 Å². The lowest BCUT2D eigenvalue weighted by molar-refractivity contribution is -0.0257. The number of H-pyrrole nitrogens is 1. The van der Waals surface area contributed by atoms with Crippen LogP contribution in [-0.4, -0.2) is 54.4 Å². The number of piperidine rings is 1. The molecule has 1 amide bonds. The molecule has 2 N–H and O–H groups in total. The van der Waals surface area contributed by atoms with Crippen molar-refractivity contribution in [1.29, 1.82) is 0 Å². The quantitative estimate of drug-likeness (QED) is 0.757. The number of benzene rings is 1. The van der Waals surface area contributed by atoms with E-state index in [1.165, 1.54) is 0 Å². The van der Waals surface area contributed by atoms with Crippen LogP contribution in [0.4, 0.5) is 0 Å². The van der Waals surface area contributed by atoms with Crippen LogP contribution in [0.3, 0.4) is 0 Å². The Morgan fingerprint density at radius 3 is 3.08 bits per heavy atom. The number of aromatic amines is 1. The van der Waals surface area contributed by atoms with Crippen molar-refractivity contribution >= 4 is 16.8 Å². The molecule has 0 aliphatic carbocycles. The molecular weight excluding hydrogens is 318 g/mol. The number of nitrogens with zero attached hydrogens (tertiary/aromatic N) is 4. The molecule has 0 radical (unpaired) electrons. The summed E-state index contributed by atoms with van der Waals surface area (Å²) in [4.78, 5) is 17.9. The fourth-order valence-electron chi connectivity index (χ4n) is 3.62. The third-order valence-corrected chi connectivity index (χ3v) is 4.95. The number of para-hydroxylation sites is 1. The lowest BCUT2D eigenvalue weighted by Gasteiger charge is -2.39. The first-order valence-corrected chi connectivity index (χ1v) is 8.46. The van der Waals surface area contributed by atoms with Gasteiger partial charge in [0.2, 0.25) is 0 Å². The largest absolute Gasteiger partial charge is 0.388 e. The fourth-order valence-corrected chi connectivity index (χ4v) is 3.62. The summed E-state index contributed by atoms with van der Waals surface area (Å²) >= 11 is 0. The number of amides is 1. The smallest absolute Gasteiger partial charge is 0.256 e. The van der Waals surface area contributed by atoms with Crippen molar-refractivity contribution in [3.05, 3.63) is 48.2 Å². The number of β-amino-alcohol motifs (C(OH)–C–C–N with tert-alkyl or cyclic N) is 1. The topological polar surface area (TPSA) is 87.0 Å². The van der Waals surface area contributed by atoms with Gasteiger partial charge in [-0.05, 0) is 25.0 Å². The first-order valence-electron chi connectivity index (χ1n) is 8.46. The van der Waals surface area contributed by atoms with Crippen molar-refractivity contribution in [3.63, 3.8) is 0 Å². The van der Waals surface area contributed by atoms with Crippen molar-refractivity contribution in [3.8, 4) is 0 Å². The maximum Gasteiger partial charge on any atom is 0.256 e. The number of carbonyl (C=O) groups excluding carboxylic acids is 1. The zero-order chi connectivity index (χ0) is 17.4. The number of aromatic nitrogens is 4. The summed E-state index contributed by atoms with van der Waals surface area (Å²) in [5, 5.41) is 20.0. The van der Waals surface area contributed by atoms with Gasteiger partial charge in [-0.1, -0.05) is 12.1 Å². The summed E-state index contributed by atoms with van der Waals surface area (Å²) < 4.78 is 1.80. The Hall–Kier alpha value is -2.67. The van der Waals surface area contributed by atoms with E-state index < -0.39 is 5.60 Å². The van der Waals surface area contributed by atoms with Crippen molar-refractivity contribution < 1.29 is 9.90 Å². The van der Waals surface area contributed by atoms with Crippen LogP contribution in [0, 0.1) is 0 Å². The molecule has 0 saturated carbocycles. The van der Waals surface area contributed by atoms with Crippen LogP contribution in [-0.2, 0) is 13.5 Å². The van der Waals surface area contributed by atoms with Gasteiger partial charge in [0.1, 0.15) is 12.2 Å². The highest BCUT2D eigenvalue weighted by atomic mass is 16.3. The zero-order valence-electron chi connectivity index (χ0n) is 14.1. The predicted octanol–water partition coefficient (Wildman–Crippen LogP) is 1.51. The molecule has 7 heteroatoms. The molecule has 4 rings (SSSR count). The number of fused-ring (bicyclic) bond motifs is 1. The number of hydrogen-bond acceptors (Lipinski definition) is 4. The van der Waals surface area contributed by atoms with Crippen LogP contribution in [0.15, 0.2) is 36.8 Å². The van der Waals surface area contributed by atoms with Gasteiger partial charge < -0.3 is 19.6 Å². The molecule has 1 atom stereocenters. The molecule has 130 valence electrons. The number of carbonyl (C=O) groups is 1. The molecule has 1 aromatic carbocycles. The van der Waals surface area contributed by atoms with E-state index in [0.29, 0.717) is 31.5 Å². The molecule has 7 nitrogen and oxygen atoms in total. The monoisotopic (exact) mass is 339 g/mol. The van der Waals surface area contributed by atoms with E-state index in [4.69, 9.17) is 0 Å². The van der Waals surface area contributed by atoms with E-state index in [-0.39, 0.29) is 5.91 Å². The second kappa shape index (κ2) is 6.00. The highest BCUT2D eigenvalue weighted by Gasteiger charge is 2.37. The van der Waals surface area contributed by atoms with Crippen LogP contribution < -0.4 is 0 Å². The highest BCUT2D eigenvalue weighted by Crippen LogP contribution is 2.27. The van der Waals surface area contributed by atoms with Crippen molar-refractivity contribution in [2.45, 2.75) is 24.9 Å². The van der Waals surface area contributed by atoms with Crippen LogP contribution in [0.5, 0.6) is 0 Å². The zero-order valence-corrected chi connectivity index (χ0v) is 14.1. The highest BCUT2D eigenvalue weighted by molar-refractivity contribution is 6.05. The van der Waals surface area contributed by atoms with Crippen molar-refractivity contribution in [1.82, 2.24) is 24.6 Å². The van der Waals surface area contributed by atoms with Gasteiger partial charge in [-0.2, -0.15) is 0 Å². The molecule has 2 aromatic heterocycles. The molecule has 3 heterocycles. The van der Waals surface area contributed by atoms with Gasteiger partial charge >= 0.3 is 0 Å². The van der Waals surface area contributed by atoms with E-state index in [1.807, 2.05) is 37.5 Å². The Balaban J connectivity index is 1.57. The SMILES string of the molecule is Cn1cnnc1CC1(O)CCCN(C(=O)c2cccc3cc[nH]c23)C1. The van der Waals surface area contributed by atoms with Gasteiger partial charge in [-0.15, -0.1) is 10.2 Å². The summed E-state index contributed by atoms with van der Waals surface area (Å²) in [6.45, 7) is 0.951. The average Bonchev–Trinajstić information content (AvgIpc) is 3.23. The number of hydrogen-bond donors (Lipinski definition) is 2. The first-order chi connectivity index (χ1) is 12.1. The van der Waals surface area contributed by atoms with Crippen LogP contribution in [0.25, 0.3) is 10.9 Å². The Kier molecular flexibility index (Phi) is 3.80. The molecule has 1 fully saturated rings. The number of nitrogens with one attached hydrogen (secondary N) is 1. The third-order valence-electron chi connectivity index (χ3n) is 4.95. The number of likely N-dealkylation sites (tertiary alicyclic amines) is 1. The summed E-state index contributed by atoms with van der Waals surface area (Å²) in [7, 11) is 1.86. The van der Waals surface area contributed by atoms with Gasteiger partial charge in [0.05, 0.1) is 23.2 Å². The molecule has 1 unspecified atom stereocenters. The second-order valence-corrected chi connectivity index (χ2v) is 6.84. The maximum atomic E-state index is 13.0. The number of rotatable bonds is 3. The Labute approximate surface area is 145 Å². The van der Waals surface area contributed by atoms with E-state index in [1.54, 1.807) is 15.8 Å². The van der Waals surface area contributed by atoms with Gasteiger partial charge in [0.15, 0.2) is 0 Å². The predicted molar refractivity (Wildman–Crippen MR) is 93.1 cm³/mol. The molecule has 0 bridgehead atoms. The van der Waals surface area contributed by atoms with Gasteiger partial charge in [0.25, 0.3) is 5.91 Å². The number of aryl methyl sites for hydroxylation is 1. The van der Waals surface area contributed by atoms with Gasteiger partial charge in [-0.3, -0.25) is 4.79 Å². The molecule has 1 aliphatic rings. The summed E-state index contributed by atoms with van der Waals surface area (Å²) in [5.41, 5.74) is 0.513. The minimum Gasteiger partial charge on any atom is -0.388 e. The molecule has 1 saturated heterocycles. The minimum absolute atomic E-state index is 0.0517. The number of aliphatic hydroxyl groups is 1. The lowest BCUT2D eigenvalue weighted by Crippen LogP contribution is -2.51. The van der Waals surface area contributed by atoms with E-state index in [2.05, 4.69) is 15.2 Å². The molecule has 1 aliphatic heterocycles. The minimum atomic E-state index is -0.974. The first kappa shape index (κ1) is 15.8. The van der Waals surface area contributed by atoms with Crippen LogP contribution in [0.2, 0.25) is 0 Å². The molecule has 0 spiro atoms. The summed E-state index contributed by atoms with van der Waals surface area (Å²) in [6.07, 6.45) is 5.26. The van der Waals surface area contributed by atoms with E-state index in [9.17, 15) is 9.90 Å². The standard InChI is InChI=1S/C18H21N5O2/c1-22-12-20-21-15(22)10-18(25)7-3-9-23(11-18)17(24)14-5-2-4-13-6-8-19-16(13)14/h2,4-6,8,12,19,25H,3,7,9-11H2,1H3. The normalized spacial score (nSPS) is 21.0. The van der Waals surface area contributed by atoms with Gasteiger partial charge in [0, 0.05) is 31.6 Å². The Bertz CT molecular complexity index is 915.